The van der Waals surface area contributed by atoms with Crippen LogP contribution in [0.4, 0.5) is 0 Å². The third-order valence-electron chi connectivity index (χ3n) is 5.02. The molecule has 0 unspecified atom stereocenters. The van der Waals surface area contributed by atoms with E-state index in [2.05, 4.69) is 24.0 Å². The zero-order valence-electron chi connectivity index (χ0n) is 14.9. The van der Waals surface area contributed by atoms with E-state index in [-0.39, 0.29) is 5.91 Å². The van der Waals surface area contributed by atoms with Gasteiger partial charge in [-0.05, 0) is 52.1 Å². The second kappa shape index (κ2) is 6.84. The molecule has 1 fully saturated rings. The number of aromatic amines is 1. The lowest BCUT2D eigenvalue weighted by atomic mass is 10.0. The molecule has 0 bridgehead atoms. The second-order valence-electron chi connectivity index (χ2n) is 6.72. The third-order valence-corrected chi connectivity index (χ3v) is 5.02. The van der Waals surface area contributed by atoms with Crippen LogP contribution in [0, 0.1) is 0 Å². The first-order chi connectivity index (χ1) is 11.9. The zero-order chi connectivity index (χ0) is 18.1. The second-order valence-corrected chi connectivity index (χ2v) is 6.72. The molecule has 25 heavy (non-hydrogen) atoms. The molecule has 2 aromatic rings. The van der Waals surface area contributed by atoms with Gasteiger partial charge in [0.2, 0.25) is 0 Å². The Balaban J connectivity index is 1.90. The van der Waals surface area contributed by atoms with Crippen LogP contribution in [-0.4, -0.2) is 58.5 Å². The van der Waals surface area contributed by atoms with Crippen molar-refractivity contribution in [3.8, 4) is 0 Å². The number of hydrogen-bond donors (Lipinski definition) is 1. The van der Waals surface area contributed by atoms with E-state index in [1.165, 1.54) is 4.57 Å². The van der Waals surface area contributed by atoms with Gasteiger partial charge >= 0.3 is 11.1 Å². The van der Waals surface area contributed by atoms with Crippen LogP contribution in [-0.2, 0) is 6.54 Å². The highest BCUT2D eigenvalue weighted by molar-refractivity contribution is 5.97. The highest BCUT2D eigenvalue weighted by Gasteiger charge is 2.24. The van der Waals surface area contributed by atoms with Crippen LogP contribution in [0.5, 0.6) is 0 Å². The van der Waals surface area contributed by atoms with E-state index >= 15 is 0 Å². The fraction of sp³-hybridized carbons (Fsp3) is 0.500. The van der Waals surface area contributed by atoms with E-state index in [4.69, 9.17) is 0 Å². The molecule has 1 saturated heterocycles. The Morgan fingerprint density at radius 2 is 1.92 bits per heavy atom. The number of carbonyl (C=O) groups excluding carboxylic acids is 1. The van der Waals surface area contributed by atoms with Crippen molar-refractivity contribution >= 4 is 16.9 Å². The molecule has 0 spiro atoms. The molecule has 7 heteroatoms. The summed E-state index contributed by atoms with van der Waals surface area (Å²) in [4.78, 5) is 43.1. The number of nitrogens with one attached hydrogen (secondary N) is 1. The summed E-state index contributed by atoms with van der Waals surface area (Å²) in [7, 11) is 4.13. The summed E-state index contributed by atoms with van der Waals surface area (Å²) in [5.41, 5.74) is 0.453. The van der Waals surface area contributed by atoms with Gasteiger partial charge in [0, 0.05) is 31.2 Å². The van der Waals surface area contributed by atoms with Gasteiger partial charge in [-0.15, -0.1) is 0 Å². The molecular weight excluding hydrogens is 320 g/mol. The Kier molecular flexibility index (Phi) is 4.76. The molecule has 0 saturated carbocycles. The Labute approximate surface area is 145 Å². The highest BCUT2D eigenvalue weighted by atomic mass is 16.2. The summed E-state index contributed by atoms with van der Waals surface area (Å²) in [5.74, 6) is -0.0331. The first-order valence-electron chi connectivity index (χ1n) is 8.65. The Morgan fingerprint density at radius 3 is 2.52 bits per heavy atom. The molecule has 7 nitrogen and oxygen atoms in total. The van der Waals surface area contributed by atoms with Gasteiger partial charge in [-0.3, -0.25) is 14.4 Å². The molecule has 3 rings (SSSR count). The van der Waals surface area contributed by atoms with Crippen LogP contribution >= 0.6 is 0 Å². The van der Waals surface area contributed by atoms with Gasteiger partial charge in [-0.1, -0.05) is 0 Å². The van der Waals surface area contributed by atoms with Crippen LogP contribution < -0.4 is 11.1 Å². The van der Waals surface area contributed by atoms with Gasteiger partial charge in [0.25, 0.3) is 5.91 Å². The number of rotatable bonds is 3. The maximum atomic E-state index is 12.8. The number of carbonyl (C=O) groups is 1. The maximum Gasteiger partial charge on any atom is 0.316 e. The zero-order valence-corrected chi connectivity index (χ0v) is 14.9. The van der Waals surface area contributed by atoms with Crippen molar-refractivity contribution in [2.24, 2.45) is 0 Å². The predicted molar refractivity (Wildman–Crippen MR) is 97.1 cm³/mol. The Bertz CT molecular complexity index is 905. The smallest absolute Gasteiger partial charge is 0.316 e. The monoisotopic (exact) mass is 344 g/mol. The maximum absolute atomic E-state index is 12.8. The van der Waals surface area contributed by atoms with E-state index in [1.807, 2.05) is 11.8 Å². The molecule has 0 atom stereocenters. The van der Waals surface area contributed by atoms with Gasteiger partial charge in [-0.25, -0.2) is 0 Å². The van der Waals surface area contributed by atoms with Gasteiger partial charge < -0.3 is 19.4 Å². The molecule has 2 heterocycles. The lowest BCUT2D eigenvalue weighted by Crippen LogP contribution is -2.44. The first-order valence-corrected chi connectivity index (χ1v) is 8.65. The predicted octanol–water partition coefficient (Wildman–Crippen LogP) is 0.876. The molecule has 1 aromatic heterocycles. The molecule has 1 aliphatic heterocycles. The van der Waals surface area contributed by atoms with Gasteiger partial charge in [0.15, 0.2) is 0 Å². The molecule has 0 radical (unpaired) electrons. The number of amides is 1. The van der Waals surface area contributed by atoms with Crippen molar-refractivity contribution in [1.29, 1.82) is 0 Å². The number of benzene rings is 1. The van der Waals surface area contributed by atoms with Crippen molar-refractivity contribution in [1.82, 2.24) is 19.4 Å². The van der Waals surface area contributed by atoms with Crippen LogP contribution in [0.3, 0.4) is 0 Å². The number of H-pyrrole nitrogens is 1. The van der Waals surface area contributed by atoms with E-state index in [0.29, 0.717) is 29.2 Å². The number of likely N-dealkylation sites (tertiary alicyclic amines) is 1. The van der Waals surface area contributed by atoms with E-state index in [9.17, 15) is 14.4 Å². The van der Waals surface area contributed by atoms with Crippen molar-refractivity contribution in [3.05, 3.63) is 44.5 Å². The number of aryl methyl sites for hydroxylation is 1. The standard InChI is InChI=1S/C18H24N4O3/c1-4-22-15-6-5-12(11-14(15)19-16(23)18(22)25)17(24)21-9-7-13(8-10-21)20(2)3/h5-6,11,13H,4,7-10H2,1-3H3,(H,19,23). The average Bonchev–Trinajstić information content (AvgIpc) is 2.62. The number of nitrogens with zero attached hydrogens (tertiary/aromatic N) is 3. The van der Waals surface area contributed by atoms with Crippen LogP contribution in [0.15, 0.2) is 27.8 Å². The summed E-state index contributed by atoms with van der Waals surface area (Å²) in [5, 5.41) is 0. The summed E-state index contributed by atoms with van der Waals surface area (Å²) >= 11 is 0. The fourth-order valence-electron chi connectivity index (χ4n) is 3.49. The summed E-state index contributed by atoms with van der Waals surface area (Å²) in [6.45, 7) is 3.67. The molecule has 1 amide bonds. The highest BCUT2D eigenvalue weighted by Crippen LogP contribution is 2.18. The quantitative estimate of drug-likeness (QED) is 0.839. The Hall–Kier alpha value is -2.41. The van der Waals surface area contributed by atoms with Gasteiger partial charge in [-0.2, -0.15) is 0 Å². The van der Waals surface area contributed by atoms with E-state index in [1.54, 1.807) is 18.2 Å². The normalized spacial score (nSPS) is 15.9. The number of aromatic nitrogens is 2. The minimum atomic E-state index is -0.661. The Morgan fingerprint density at radius 1 is 1.24 bits per heavy atom. The molecule has 134 valence electrons. The van der Waals surface area contributed by atoms with E-state index < -0.39 is 11.1 Å². The molecular formula is C18H24N4O3. The first kappa shape index (κ1) is 17.4. The van der Waals surface area contributed by atoms with Crippen LogP contribution in [0.1, 0.15) is 30.1 Å². The summed E-state index contributed by atoms with van der Waals surface area (Å²) in [6.07, 6.45) is 1.91. The minimum absolute atomic E-state index is 0.0331. The minimum Gasteiger partial charge on any atom is -0.339 e. The lowest BCUT2D eigenvalue weighted by Gasteiger charge is -2.35. The van der Waals surface area contributed by atoms with Crippen molar-refractivity contribution < 1.29 is 4.79 Å². The topological polar surface area (TPSA) is 78.4 Å². The van der Waals surface area contributed by atoms with Gasteiger partial charge in [0.05, 0.1) is 11.0 Å². The van der Waals surface area contributed by atoms with Crippen molar-refractivity contribution in [3.63, 3.8) is 0 Å². The van der Waals surface area contributed by atoms with Crippen molar-refractivity contribution in [2.75, 3.05) is 27.2 Å². The summed E-state index contributed by atoms with van der Waals surface area (Å²) < 4.78 is 1.42. The third kappa shape index (κ3) is 3.24. The van der Waals surface area contributed by atoms with Crippen LogP contribution in [0.2, 0.25) is 0 Å². The van der Waals surface area contributed by atoms with E-state index in [0.717, 1.165) is 25.9 Å². The summed E-state index contributed by atoms with van der Waals surface area (Å²) in [6, 6.07) is 5.64. The number of piperidine rings is 1. The fourth-order valence-corrected chi connectivity index (χ4v) is 3.49. The molecule has 1 aliphatic rings. The average molecular weight is 344 g/mol. The van der Waals surface area contributed by atoms with Gasteiger partial charge in [0.1, 0.15) is 0 Å². The SMILES string of the molecule is CCn1c(=O)c(=O)[nH]c2cc(C(=O)N3CCC(N(C)C)CC3)ccc21. The molecule has 1 N–H and O–H groups in total. The lowest BCUT2D eigenvalue weighted by molar-refractivity contribution is 0.0663. The molecule has 0 aliphatic carbocycles. The largest absolute Gasteiger partial charge is 0.339 e. The van der Waals surface area contributed by atoms with Crippen molar-refractivity contribution in [2.45, 2.75) is 32.4 Å². The number of hydrogen-bond acceptors (Lipinski definition) is 4. The molecule has 1 aromatic carbocycles. The number of fused-ring (bicyclic) bond motifs is 1. The van der Waals surface area contributed by atoms with Crippen LogP contribution in [0.25, 0.3) is 11.0 Å².